The fourth-order valence-corrected chi connectivity index (χ4v) is 1.82. The SMILES string of the molecule is CNC(=O)C[NH2+]CC(=O)N(C)CC(=O)Nc1ccccc1Cl. The van der Waals surface area contributed by atoms with Gasteiger partial charge in [0.1, 0.15) is 0 Å². The maximum atomic E-state index is 11.9. The van der Waals surface area contributed by atoms with Gasteiger partial charge in [0.15, 0.2) is 13.1 Å². The molecule has 120 valence electrons. The van der Waals surface area contributed by atoms with Crippen molar-refractivity contribution in [1.29, 1.82) is 0 Å². The van der Waals surface area contributed by atoms with Crippen LogP contribution in [0.4, 0.5) is 5.69 Å². The smallest absolute Gasteiger partial charge is 0.277 e. The van der Waals surface area contributed by atoms with Gasteiger partial charge in [-0.15, -0.1) is 0 Å². The van der Waals surface area contributed by atoms with Crippen molar-refractivity contribution in [3.8, 4) is 0 Å². The van der Waals surface area contributed by atoms with Gasteiger partial charge in [0.25, 0.3) is 11.8 Å². The highest BCUT2D eigenvalue weighted by atomic mass is 35.5. The number of hydrogen-bond donors (Lipinski definition) is 3. The molecule has 4 N–H and O–H groups in total. The van der Waals surface area contributed by atoms with Gasteiger partial charge in [0.05, 0.1) is 17.3 Å². The Kier molecular flexibility index (Phi) is 7.34. The zero-order valence-corrected chi connectivity index (χ0v) is 13.3. The van der Waals surface area contributed by atoms with Crippen molar-refractivity contribution in [2.24, 2.45) is 0 Å². The average Bonchev–Trinajstić information content (AvgIpc) is 2.49. The van der Waals surface area contributed by atoms with E-state index >= 15 is 0 Å². The minimum absolute atomic E-state index is 0.0854. The van der Waals surface area contributed by atoms with Crippen molar-refractivity contribution in [1.82, 2.24) is 10.2 Å². The van der Waals surface area contributed by atoms with Crippen molar-refractivity contribution >= 4 is 35.0 Å². The summed E-state index contributed by atoms with van der Waals surface area (Å²) < 4.78 is 0. The van der Waals surface area contributed by atoms with Crippen molar-refractivity contribution in [2.75, 3.05) is 39.0 Å². The van der Waals surface area contributed by atoms with Gasteiger partial charge in [-0.1, -0.05) is 23.7 Å². The first-order chi connectivity index (χ1) is 10.4. The molecule has 0 aromatic heterocycles. The minimum Gasteiger partial charge on any atom is -0.354 e. The third kappa shape index (κ3) is 6.11. The first-order valence-corrected chi connectivity index (χ1v) is 7.12. The number of halogens is 1. The van der Waals surface area contributed by atoms with Crippen molar-refractivity contribution in [3.05, 3.63) is 29.3 Å². The van der Waals surface area contributed by atoms with Crippen LogP contribution in [0.15, 0.2) is 24.3 Å². The van der Waals surface area contributed by atoms with Crippen LogP contribution in [-0.4, -0.2) is 56.4 Å². The fraction of sp³-hybridized carbons (Fsp3) is 0.357. The number of likely N-dealkylation sites (N-methyl/N-ethyl adjacent to an activating group) is 2. The summed E-state index contributed by atoms with van der Waals surface area (Å²) in [6.07, 6.45) is 0. The number of anilines is 1. The Morgan fingerprint density at radius 1 is 1.18 bits per heavy atom. The van der Waals surface area contributed by atoms with Gasteiger partial charge in [0.2, 0.25) is 5.91 Å². The van der Waals surface area contributed by atoms with Gasteiger partial charge in [-0.05, 0) is 12.1 Å². The van der Waals surface area contributed by atoms with Crippen LogP contribution >= 0.6 is 11.6 Å². The Morgan fingerprint density at radius 3 is 2.50 bits per heavy atom. The fourth-order valence-electron chi connectivity index (χ4n) is 1.64. The quantitative estimate of drug-likeness (QED) is 0.602. The molecule has 1 aromatic rings. The predicted octanol–water partition coefficient (Wildman–Crippen LogP) is -0.954. The van der Waals surface area contributed by atoms with E-state index in [2.05, 4.69) is 10.6 Å². The van der Waals surface area contributed by atoms with E-state index in [9.17, 15) is 14.4 Å². The molecule has 0 spiro atoms. The highest BCUT2D eigenvalue weighted by Gasteiger charge is 2.15. The largest absolute Gasteiger partial charge is 0.354 e. The molecule has 0 radical (unpaired) electrons. The lowest BCUT2D eigenvalue weighted by Gasteiger charge is -2.16. The Morgan fingerprint density at radius 2 is 1.86 bits per heavy atom. The summed E-state index contributed by atoms with van der Waals surface area (Å²) >= 11 is 5.94. The standard InChI is InChI=1S/C14H19ClN4O3/c1-16-12(20)7-17-8-14(22)19(2)9-13(21)18-11-6-4-3-5-10(11)15/h3-6,17H,7-9H2,1-2H3,(H,16,20)(H,18,21)/p+1. The van der Waals surface area contributed by atoms with Crippen molar-refractivity contribution < 1.29 is 19.7 Å². The van der Waals surface area contributed by atoms with E-state index in [0.717, 1.165) is 0 Å². The van der Waals surface area contributed by atoms with Gasteiger partial charge in [-0.2, -0.15) is 0 Å². The maximum Gasteiger partial charge on any atom is 0.277 e. The minimum atomic E-state index is -0.338. The summed E-state index contributed by atoms with van der Waals surface area (Å²) in [6, 6.07) is 6.86. The summed E-state index contributed by atoms with van der Waals surface area (Å²) in [5.74, 6) is -0.736. The zero-order chi connectivity index (χ0) is 16.5. The number of benzene rings is 1. The number of para-hydroxylation sites is 1. The van der Waals surface area contributed by atoms with Crippen LogP contribution in [0.25, 0.3) is 0 Å². The van der Waals surface area contributed by atoms with Gasteiger partial charge in [-0.25, -0.2) is 0 Å². The molecule has 8 heteroatoms. The van der Waals surface area contributed by atoms with Crippen LogP contribution < -0.4 is 16.0 Å². The lowest BCUT2D eigenvalue weighted by atomic mass is 10.3. The van der Waals surface area contributed by atoms with Crippen LogP contribution in [0.3, 0.4) is 0 Å². The number of rotatable bonds is 7. The Bertz CT molecular complexity index is 551. The number of quaternary nitrogens is 1. The third-order valence-electron chi connectivity index (χ3n) is 2.88. The topological polar surface area (TPSA) is 95.1 Å². The van der Waals surface area contributed by atoms with Crippen molar-refractivity contribution in [3.63, 3.8) is 0 Å². The maximum absolute atomic E-state index is 11.9. The molecule has 1 aromatic carbocycles. The number of nitrogens with two attached hydrogens (primary N) is 1. The number of carbonyl (C=O) groups is 3. The Hall–Kier alpha value is -2.12. The summed E-state index contributed by atoms with van der Waals surface area (Å²) in [4.78, 5) is 36.0. The molecule has 0 aliphatic heterocycles. The number of amides is 3. The van der Waals surface area contributed by atoms with Gasteiger partial charge in [0, 0.05) is 14.1 Å². The molecular weight excluding hydrogens is 308 g/mol. The van der Waals surface area contributed by atoms with Crippen LogP contribution in [0, 0.1) is 0 Å². The van der Waals surface area contributed by atoms with Crippen LogP contribution in [-0.2, 0) is 14.4 Å². The Balaban J connectivity index is 2.38. The summed E-state index contributed by atoms with van der Waals surface area (Å²) in [5, 5.41) is 7.11. The van der Waals surface area contributed by atoms with Gasteiger partial charge >= 0.3 is 0 Å². The summed E-state index contributed by atoms with van der Waals surface area (Å²) in [7, 11) is 3.06. The molecule has 3 amide bonds. The van der Waals surface area contributed by atoms with E-state index in [0.29, 0.717) is 10.7 Å². The second kappa shape index (κ2) is 9.01. The number of carbonyl (C=O) groups excluding carboxylic acids is 3. The van der Waals surface area contributed by atoms with E-state index in [4.69, 9.17) is 11.6 Å². The third-order valence-corrected chi connectivity index (χ3v) is 3.21. The summed E-state index contributed by atoms with van der Waals surface area (Å²) in [5.41, 5.74) is 0.501. The Labute approximate surface area is 134 Å². The molecule has 0 saturated heterocycles. The molecule has 0 unspecified atom stereocenters. The number of nitrogens with zero attached hydrogens (tertiary/aromatic N) is 1. The molecule has 7 nitrogen and oxygen atoms in total. The molecule has 1 rings (SSSR count). The molecule has 0 aliphatic carbocycles. The van der Waals surface area contributed by atoms with E-state index in [1.807, 2.05) is 0 Å². The van der Waals surface area contributed by atoms with E-state index in [1.165, 1.54) is 19.0 Å². The van der Waals surface area contributed by atoms with Gasteiger partial charge in [-0.3, -0.25) is 14.4 Å². The molecule has 0 saturated carbocycles. The highest BCUT2D eigenvalue weighted by Crippen LogP contribution is 2.20. The first-order valence-electron chi connectivity index (χ1n) is 6.74. The summed E-state index contributed by atoms with van der Waals surface area (Å²) in [6.45, 7) is 0.184. The first kappa shape index (κ1) is 17.9. The van der Waals surface area contributed by atoms with E-state index in [1.54, 1.807) is 29.6 Å². The van der Waals surface area contributed by atoms with E-state index in [-0.39, 0.29) is 37.4 Å². The normalized spacial score (nSPS) is 9.95. The predicted molar refractivity (Wildman–Crippen MR) is 83.4 cm³/mol. The molecule has 0 atom stereocenters. The molecule has 22 heavy (non-hydrogen) atoms. The lowest BCUT2D eigenvalue weighted by Crippen LogP contribution is -2.88. The molecule has 0 bridgehead atoms. The molecule has 0 aliphatic rings. The lowest BCUT2D eigenvalue weighted by molar-refractivity contribution is -0.633. The molecule has 0 heterocycles. The van der Waals surface area contributed by atoms with Gasteiger partial charge < -0.3 is 20.9 Å². The monoisotopic (exact) mass is 327 g/mol. The van der Waals surface area contributed by atoms with Crippen LogP contribution in [0.1, 0.15) is 0 Å². The second-order valence-corrected chi connectivity index (χ2v) is 5.06. The van der Waals surface area contributed by atoms with E-state index < -0.39 is 0 Å². The second-order valence-electron chi connectivity index (χ2n) is 4.65. The molecule has 0 fully saturated rings. The highest BCUT2D eigenvalue weighted by molar-refractivity contribution is 6.33. The zero-order valence-electron chi connectivity index (χ0n) is 12.6. The van der Waals surface area contributed by atoms with Crippen LogP contribution in [0.2, 0.25) is 5.02 Å². The molecular formula is C14H20ClN4O3+. The van der Waals surface area contributed by atoms with Crippen molar-refractivity contribution in [2.45, 2.75) is 0 Å². The number of nitrogens with one attached hydrogen (secondary N) is 2. The average molecular weight is 328 g/mol. The number of hydrogen-bond acceptors (Lipinski definition) is 3. The van der Waals surface area contributed by atoms with Crippen LogP contribution in [0.5, 0.6) is 0 Å².